The van der Waals surface area contributed by atoms with E-state index in [9.17, 15) is 14.3 Å². The zero-order chi connectivity index (χ0) is 24.5. The van der Waals surface area contributed by atoms with Crippen LogP contribution in [0.2, 0.25) is 0 Å². The van der Waals surface area contributed by atoms with E-state index in [0.29, 0.717) is 25.7 Å². The molecule has 0 radical (unpaired) electrons. The number of hydrogen-bond donors (Lipinski definition) is 1. The molecule has 1 fully saturated rings. The number of methoxy groups -OCH3 is 2. The lowest BCUT2D eigenvalue weighted by Gasteiger charge is -2.39. The van der Waals surface area contributed by atoms with E-state index in [2.05, 4.69) is 11.0 Å². The molecular weight excluding hydrogens is 437 g/mol. The average molecular weight is 472 g/mol. The van der Waals surface area contributed by atoms with Crippen molar-refractivity contribution in [1.29, 1.82) is 0 Å². The van der Waals surface area contributed by atoms with Crippen LogP contribution in [-0.2, 0) is 22.7 Å². The SMILES string of the molecule is COCc1ccc2c(c1)C(C1CCN(CC(C)(C)C(=O)O)CC1)c1cc(OC)c(F)cc1CO2. The summed E-state index contributed by atoms with van der Waals surface area (Å²) in [4.78, 5) is 13.8. The highest BCUT2D eigenvalue weighted by Crippen LogP contribution is 2.46. The molecule has 0 aromatic heterocycles. The lowest BCUT2D eigenvalue weighted by atomic mass is 9.74. The number of likely N-dealkylation sites (tertiary alicyclic amines) is 1. The first-order valence-electron chi connectivity index (χ1n) is 11.8. The monoisotopic (exact) mass is 471 g/mol. The Bertz CT molecular complexity index is 1050. The minimum absolute atomic E-state index is 0.0217. The van der Waals surface area contributed by atoms with Crippen molar-refractivity contribution in [3.63, 3.8) is 0 Å². The van der Waals surface area contributed by atoms with Gasteiger partial charge in [0, 0.05) is 25.1 Å². The summed E-state index contributed by atoms with van der Waals surface area (Å²) in [6.45, 7) is 6.51. The number of carbonyl (C=O) groups is 1. The Morgan fingerprint density at radius 1 is 1.18 bits per heavy atom. The largest absolute Gasteiger partial charge is 0.494 e. The van der Waals surface area contributed by atoms with Crippen molar-refractivity contribution >= 4 is 5.97 Å². The summed E-state index contributed by atoms with van der Waals surface area (Å²) in [5, 5.41) is 9.53. The van der Waals surface area contributed by atoms with Crippen LogP contribution in [0.4, 0.5) is 4.39 Å². The van der Waals surface area contributed by atoms with Crippen molar-refractivity contribution in [3.8, 4) is 11.5 Å². The first-order chi connectivity index (χ1) is 16.2. The molecule has 1 N–H and O–H groups in total. The van der Waals surface area contributed by atoms with E-state index in [-0.39, 0.29) is 17.5 Å². The smallest absolute Gasteiger partial charge is 0.310 e. The molecule has 2 aromatic rings. The van der Waals surface area contributed by atoms with Crippen molar-refractivity contribution in [2.45, 2.75) is 45.8 Å². The van der Waals surface area contributed by atoms with Gasteiger partial charge in [-0.1, -0.05) is 6.07 Å². The second-order valence-corrected chi connectivity index (χ2v) is 10.1. The predicted molar refractivity (Wildman–Crippen MR) is 127 cm³/mol. The number of carboxylic acid groups (broad SMARTS) is 1. The van der Waals surface area contributed by atoms with Crippen LogP contribution in [0.25, 0.3) is 0 Å². The van der Waals surface area contributed by atoms with Gasteiger partial charge in [0.25, 0.3) is 0 Å². The first kappa shape index (κ1) is 24.5. The molecule has 2 aliphatic rings. The van der Waals surface area contributed by atoms with Crippen molar-refractivity contribution in [2.24, 2.45) is 11.3 Å². The van der Waals surface area contributed by atoms with Crippen molar-refractivity contribution in [1.82, 2.24) is 4.90 Å². The van der Waals surface area contributed by atoms with Crippen LogP contribution < -0.4 is 9.47 Å². The maximum absolute atomic E-state index is 14.6. The summed E-state index contributed by atoms with van der Waals surface area (Å²) >= 11 is 0. The minimum Gasteiger partial charge on any atom is -0.494 e. The number of piperidine rings is 1. The lowest BCUT2D eigenvalue weighted by Crippen LogP contribution is -2.43. The zero-order valence-electron chi connectivity index (χ0n) is 20.4. The molecule has 0 aliphatic carbocycles. The Balaban J connectivity index is 1.69. The summed E-state index contributed by atoms with van der Waals surface area (Å²) in [5.41, 5.74) is 3.24. The Hall–Kier alpha value is -2.64. The molecule has 4 rings (SSSR count). The lowest BCUT2D eigenvalue weighted by molar-refractivity contribution is -0.148. The van der Waals surface area contributed by atoms with Gasteiger partial charge in [-0.2, -0.15) is 0 Å². The maximum atomic E-state index is 14.6. The standard InChI is InChI=1S/C27H34FNO5/c1-27(2,26(30)31)16-29-9-7-18(8-10-29)25-20-13-24(33-4)22(28)12-19(20)15-34-23-6-5-17(14-32-3)11-21(23)25/h5-6,11-13,18,25H,7-10,14-16H2,1-4H3,(H,30,31). The Morgan fingerprint density at radius 2 is 1.91 bits per heavy atom. The third kappa shape index (κ3) is 4.91. The summed E-state index contributed by atoms with van der Waals surface area (Å²) in [7, 11) is 3.16. The molecule has 6 nitrogen and oxygen atoms in total. The zero-order valence-corrected chi connectivity index (χ0v) is 20.4. The third-order valence-corrected chi connectivity index (χ3v) is 7.15. The summed E-state index contributed by atoms with van der Waals surface area (Å²) in [5.74, 6) is 0.207. The van der Waals surface area contributed by atoms with Crippen LogP contribution in [0.1, 0.15) is 54.9 Å². The second kappa shape index (κ2) is 9.92. The van der Waals surface area contributed by atoms with Gasteiger partial charge in [-0.25, -0.2) is 4.39 Å². The van der Waals surface area contributed by atoms with Gasteiger partial charge < -0.3 is 24.2 Å². The highest BCUT2D eigenvalue weighted by atomic mass is 19.1. The molecule has 0 spiro atoms. The summed E-state index contributed by atoms with van der Waals surface area (Å²) in [6, 6.07) is 9.51. The molecule has 2 heterocycles. The van der Waals surface area contributed by atoms with Crippen LogP contribution in [0.3, 0.4) is 0 Å². The van der Waals surface area contributed by atoms with Gasteiger partial charge in [0.05, 0.1) is 19.1 Å². The van der Waals surface area contributed by atoms with E-state index in [1.54, 1.807) is 21.0 Å². The average Bonchev–Trinajstić information content (AvgIpc) is 2.95. The topological polar surface area (TPSA) is 68.2 Å². The molecule has 1 saturated heterocycles. The van der Waals surface area contributed by atoms with Gasteiger partial charge in [-0.15, -0.1) is 0 Å². The van der Waals surface area contributed by atoms with Gasteiger partial charge in [-0.3, -0.25) is 4.79 Å². The first-order valence-corrected chi connectivity index (χ1v) is 11.8. The third-order valence-electron chi connectivity index (χ3n) is 7.15. The highest BCUT2D eigenvalue weighted by molar-refractivity contribution is 5.73. The van der Waals surface area contributed by atoms with E-state index >= 15 is 0 Å². The summed E-state index contributed by atoms with van der Waals surface area (Å²) in [6.07, 6.45) is 1.82. The molecule has 2 aliphatic heterocycles. The molecule has 1 atom stereocenters. The quantitative estimate of drug-likeness (QED) is 0.624. The number of aliphatic carboxylic acids is 1. The number of ether oxygens (including phenoxy) is 3. The molecule has 7 heteroatoms. The fourth-order valence-corrected chi connectivity index (χ4v) is 5.31. The van der Waals surface area contributed by atoms with Crippen molar-refractivity contribution in [3.05, 3.63) is 58.4 Å². The molecule has 0 saturated carbocycles. The fraction of sp³-hybridized carbons (Fsp3) is 0.519. The van der Waals surface area contributed by atoms with Crippen LogP contribution in [0.15, 0.2) is 30.3 Å². The van der Waals surface area contributed by atoms with Gasteiger partial charge in [0.15, 0.2) is 11.6 Å². The number of fused-ring (bicyclic) bond motifs is 2. The number of rotatable bonds is 7. The van der Waals surface area contributed by atoms with Crippen molar-refractivity contribution in [2.75, 3.05) is 33.9 Å². The van der Waals surface area contributed by atoms with E-state index in [1.807, 2.05) is 18.2 Å². The molecule has 34 heavy (non-hydrogen) atoms. The second-order valence-electron chi connectivity index (χ2n) is 10.1. The number of hydrogen-bond acceptors (Lipinski definition) is 5. The predicted octanol–water partition coefficient (Wildman–Crippen LogP) is 4.83. The van der Waals surface area contributed by atoms with E-state index in [1.165, 1.54) is 13.2 Å². The van der Waals surface area contributed by atoms with E-state index in [0.717, 1.165) is 53.9 Å². The molecule has 1 unspecified atom stereocenters. The number of nitrogens with zero attached hydrogens (tertiary/aromatic N) is 1. The van der Waals surface area contributed by atoms with Crippen LogP contribution in [-0.4, -0.2) is 49.8 Å². The Morgan fingerprint density at radius 3 is 2.56 bits per heavy atom. The number of carboxylic acids is 1. The summed E-state index contributed by atoms with van der Waals surface area (Å²) < 4.78 is 31.4. The molecular formula is C27H34FNO5. The fourth-order valence-electron chi connectivity index (χ4n) is 5.31. The Kier molecular flexibility index (Phi) is 7.14. The van der Waals surface area contributed by atoms with E-state index in [4.69, 9.17) is 14.2 Å². The Labute approximate surface area is 200 Å². The van der Waals surface area contributed by atoms with Gasteiger partial charge in [0.1, 0.15) is 12.4 Å². The van der Waals surface area contributed by atoms with E-state index < -0.39 is 11.4 Å². The molecule has 0 bridgehead atoms. The number of halogens is 1. The van der Waals surface area contributed by atoms with Crippen molar-refractivity contribution < 1.29 is 28.5 Å². The molecule has 184 valence electrons. The van der Waals surface area contributed by atoms with Gasteiger partial charge >= 0.3 is 5.97 Å². The maximum Gasteiger partial charge on any atom is 0.310 e. The van der Waals surface area contributed by atoms with Gasteiger partial charge in [-0.05, 0) is 86.7 Å². The van der Waals surface area contributed by atoms with Crippen LogP contribution >= 0.6 is 0 Å². The molecule has 0 amide bonds. The number of benzene rings is 2. The minimum atomic E-state index is -0.790. The van der Waals surface area contributed by atoms with Crippen LogP contribution in [0, 0.1) is 17.2 Å². The molecule has 2 aromatic carbocycles. The normalized spacial score (nSPS) is 19.0. The van der Waals surface area contributed by atoms with Crippen LogP contribution in [0.5, 0.6) is 11.5 Å². The van der Waals surface area contributed by atoms with Gasteiger partial charge in [0.2, 0.25) is 0 Å². The highest BCUT2D eigenvalue weighted by Gasteiger charge is 2.37.